The van der Waals surface area contributed by atoms with E-state index in [0.717, 1.165) is 32.1 Å². The minimum atomic E-state index is -1.13. The fourth-order valence-electron chi connectivity index (χ4n) is 11.6. The summed E-state index contributed by atoms with van der Waals surface area (Å²) in [6, 6.07) is 0. The monoisotopic (exact) mass is 546 g/mol. The van der Waals surface area contributed by atoms with Gasteiger partial charge in [-0.3, -0.25) is 9.59 Å². The van der Waals surface area contributed by atoms with Gasteiger partial charge in [0.25, 0.3) is 0 Å². The summed E-state index contributed by atoms with van der Waals surface area (Å²) in [5, 5.41) is 19.7. The molecule has 1 heterocycles. The Hall–Kier alpha value is -1.14. The van der Waals surface area contributed by atoms with E-state index in [4.69, 9.17) is 14.6 Å². The fourth-order valence-corrected chi connectivity index (χ4v) is 11.6. The van der Waals surface area contributed by atoms with Crippen molar-refractivity contribution in [1.29, 1.82) is 0 Å². The van der Waals surface area contributed by atoms with Gasteiger partial charge in [0.05, 0.1) is 17.3 Å². The number of carbonyl (C=O) groups excluding carboxylic acids is 1. The smallest absolute Gasteiger partial charge is 0.317 e. The maximum Gasteiger partial charge on any atom is 0.317 e. The molecule has 4 aliphatic carbocycles. The number of esters is 1. The summed E-state index contributed by atoms with van der Waals surface area (Å²) in [5.74, 6) is 0.522. The number of hydrogen-bond donors (Lipinski definition) is 2. The highest BCUT2D eigenvalue weighted by atomic mass is 16.5. The number of aliphatic hydroxyl groups is 1. The molecule has 222 valence electrons. The second-order valence-electron chi connectivity index (χ2n) is 16.3. The molecular formula is C33H54O6. The molecule has 5 fully saturated rings. The number of rotatable bonds is 5. The molecule has 0 bridgehead atoms. The van der Waals surface area contributed by atoms with Gasteiger partial charge >= 0.3 is 11.9 Å². The van der Waals surface area contributed by atoms with E-state index >= 15 is 0 Å². The highest BCUT2D eigenvalue weighted by Gasteiger charge is 2.70. The van der Waals surface area contributed by atoms with Crippen molar-refractivity contribution in [3.05, 3.63) is 0 Å². The third kappa shape index (κ3) is 4.32. The summed E-state index contributed by atoms with van der Waals surface area (Å²) < 4.78 is 12.6. The second-order valence-corrected chi connectivity index (χ2v) is 16.3. The molecule has 39 heavy (non-hydrogen) atoms. The van der Waals surface area contributed by atoms with E-state index in [9.17, 15) is 14.7 Å². The molecule has 10 atom stereocenters. The fraction of sp³-hybridized carbons (Fsp3) is 0.939. The van der Waals surface area contributed by atoms with E-state index in [1.165, 1.54) is 32.1 Å². The SMILES string of the molecule is CC(C)(O)C1CCC(C)(C2CCC3(C)C2CCC2C4(C)CCC(OC(=O)CC(=O)O)C(C)(C)C4CCC23C)O1. The first-order chi connectivity index (χ1) is 17.9. The minimum absolute atomic E-state index is 0.0855. The zero-order valence-corrected chi connectivity index (χ0v) is 25.8. The molecule has 0 radical (unpaired) electrons. The lowest BCUT2D eigenvalue weighted by molar-refractivity contribution is -0.231. The zero-order chi connectivity index (χ0) is 28.8. The average molecular weight is 547 g/mol. The van der Waals surface area contributed by atoms with Crippen LogP contribution in [0.15, 0.2) is 0 Å². The van der Waals surface area contributed by atoms with Crippen LogP contribution < -0.4 is 0 Å². The Kier molecular flexibility index (Phi) is 6.91. The predicted octanol–water partition coefficient (Wildman–Crippen LogP) is 6.77. The van der Waals surface area contributed by atoms with Crippen LogP contribution in [0.25, 0.3) is 0 Å². The van der Waals surface area contributed by atoms with Gasteiger partial charge in [-0.1, -0.05) is 34.6 Å². The maximum atomic E-state index is 12.3. The Balaban J connectivity index is 1.38. The third-order valence-electron chi connectivity index (χ3n) is 13.8. The molecule has 2 N–H and O–H groups in total. The van der Waals surface area contributed by atoms with E-state index in [-0.39, 0.29) is 39.5 Å². The molecule has 6 nitrogen and oxygen atoms in total. The lowest BCUT2D eigenvalue weighted by atomic mass is 9.35. The van der Waals surface area contributed by atoms with Crippen LogP contribution in [0, 0.1) is 45.3 Å². The first-order valence-electron chi connectivity index (χ1n) is 15.7. The van der Waals surface area contributed by atoms with Crippen molar-refractivity contribution in [2.45, 2.75) is 149 Å². The van der Waals surface area contributed by atoms with Gasteiger partial charge in [0.2, 0.25) is 0 Å². The maximum absolute atomic E-state index is 12.3. The summed E-state index contributed by atoms with van der Waals surface area (Å²) in [5.41, 5.74) is -0.443. The zero-order valence-electron chi connectivity index (χ0n) is 25.8. The average Bonchev–Trinajstić information content (AvgIpc) is 3.37. The van der Waals surface area contributed by atoms with Crippen LogP contribution in [0.3, 0.4) is 0 Å². The van der Waals surface area contributed by atoms with E-state index < -0.39 is 24.0 Å². The number of carbonyl (C=O) groups is 2. The highest BCUT2D eigenvalue weighted by molar-refractivity contribution is 5.90. The van der Waals surface area contributed by atoms with Gasteiger partial charge in [-0.05, 0) is 125 Å². The molecular weight excluding hydrogens is 492 g/mol. The van der Waals surface area contributed by atoms with Gasteiger partial charge in [-0.25, -0.2) is 0 Å². The van der Waals surface area contributed by atoms with Crippen LogP contribution in [0.1, 0.15) is 126 Å². The molecule has 0 aromatic heterocycles. The summed E-state index contributed by atoms with van der Waals surface area (Å²) >= 11 is 0. The van der Waals surface area contributed by atoms with Crippen molar-refractivity contribution in [3.8, 4) is 0 Å². The Labute approximate surface area is 236 Å². The molecule has 6 heteroatoms. The summed E-state index contributed by atoms with van der Waals surface area (Å²) in [4.78, 5) is 23.4. The van der Waals surface area contributed by atoms with Crippen LogP contribution in [0.2, 0.25) is 0 Å². The third-order valence-corrected chi connectivity index (χ3v) is 13.8. The molecule has 10 unspecified atom stereocenters. The molecule has 5 rings (SSSR count). The quantitative estimate of drug-likeness (QED) is 0.292. The lowest BCUT2D eigenvalue weighted by Crippen LogP contribution is -2.64. The highest BCUT2D eigenvalue weighted by Crippen LogP contribution is 2.76. The normalized spacial score (nSPS) is 49.1. The Morgan fingerprint density at radius 3 is 2.10 bits per heavy atom. The Morgan fingerprint density at radius 2 is 1.49 bits per heavy atom. The molecule has 1 aliphatic heterocycles. The molecule has 0 spiro atoms. The van der Waals surface area contributed by atoms with Crippen LogP contribution in [-0.4, -0.2) is 45.6 Å². The van der Waals surface area contributed by atoms with E-state index in [1.807, 2.05) is 13.8 Å². The number of carboxylic acid groups (broad SMARTS) is 1. The Bertz CT molecular complexity index is 999. The number of carboxylic acids is 1. The molecule has 5 aliphatic rings. The summed E-state index contributed by atoms with van der Waals surface area (Å²) in [7, 11) is 0. The van der Waals surface area contributed by atoms with Gasteiger partial charge in [0.15, 0.2) is 0 Å². The van der Waals surface area contributed by atoms with Gasteiger partial charge in [0.1, 0.15) is 12.5 Å². The van der Waals surface area contributed by atoms with Crippen LogP contribution in [0.5, 0.6) is 0 Å². The topological polar surface area (TPSA) is 93.1 Å². The molecule has 4 saturated carbocycles. The predicted molar refractivity (Wildman–Crippen MR) is 150 cm³/mol. The van der Waals surface area contributed by atoms with Gasteiger partial charge in [-0.2, -0.15) is 0 Å². The number of ether oxygens (including phenoxy) is 2. The van der Waals surface area contributed by atoms with Crippen LogP contribution in [0.4, 0.5) is 0 Å². The van der Waals surface area contributed by atoms with E-state index in [0.29, 0.717) is 23.7 Å². The first kappa shape index (κ1) is 29.4. The number of hydrogen-bond acceptors (Lipinski definition) is 5. The lowest BCUT2D eigenvalue weighted by Gasteiger charge is -2.70. The second kappa shape index (κ2) is 9.18. The standard InChI is InChI=1S/C33H54O6/c1-28(2)22-12-17-32(7)23(30(22,5)15-13-24(28)38-27(36)19-26(34)35)10-9-20-21(11-16-31(20,32)6)33(8)18-14-25(39-33)29(3,4)37/h20-25,37H,9-19H2,1-8H3,(H,34,35). The van der Waals surface area contributed by atoms with Crippen molar-refractivity contribution in [1.82, 2.24) is 0 Å². The van der Waals surface area contributed by atoms with E-state index in [2.05, 4.69) is 41.5 Å². The summed E-state index contributed by atoms with van der Waals surface area (Å²) in [6.07, 6.45) is 10.2. The van der Waals surface area contributed by atoms with Crippen molar-refractivity contribution in [3.63, 3.8) is 0 Å². The van der Waals surface area contributed by atoms with Crippen molar-refractivity contribution in [2.75, 3.05) is 0 Å². The van der Waals surface area contributed by atoms with Crippen molar-refractivity contribution < 1.29 is 29.3 Å². The van der Waals surface area contributed by atoms with Gasteiger partial charge in [0, 0.05) is 5.41 Å². The molecule has 1 saturated heterocycles. The van der Waals surface area contributed by atoms with Crippen molar-refractivity contribution >= 4 is 11.9 Å². The van der Waals surface area contributed by atoms with Crippen molar-refractivity contribution in [2.24, 2.45) is 45.3 Å². The van der Waals surface area contributed by atoms with Crippen LogP contribution >= 0.6 is 0 Å². The number of fused-ring (bicyclic) bond motifs is 5. The minimum Gasteiger partial charge on any atom is -0.481 e. The summed E-state index contributed by atoms with van der Waals surface area (Å²) in [6.45, 7) is 18.4. The molecule has 0 amide bonds. The molecule has 0 aromatic rings. The first-order valence-corrected chi connectivity index (χ1v) is 15.7. The van der Waals surface area contributed by atoms with Gasteiger partial charge in [-0.15, -0.1) is 0 Å². The van der Waals surface area contributed by atoms with E-state index in [1.54, 1.807) is 0 Å². The Morgan fingerprint density at radius 1 is 0.821 bits per heavy atom. The number of aliphatic carboxylic acids is 1. The largest absolute Gasteiger partial charge is 0.481 e. The van der Waals surface area contributed by atoms with Gasteiger partial charge < -0.3 is 19.7 Å². The van der Waals surface area contributed by atoms with Crippen LogP contribution in [-0.2, 0) is 19.1 Å². The molecule has 0 aromatic carbocycles.